The number of methoxy groups -OCH3 is 1. The van der Waals surface area contributed by atoms with Gasteiger partial charge in [-0.15, -0.1) is 0 Å². The van der Waals surface area contributed by atoms with E-state index in [-0.39, 0.29) is 17.9 Å². The Kier molecular flexibility index (Phi) is 8.79. The van der Waals surface area contributed by atoms with Gasteiger partial charge < -0.3 is 13.9 Å². The van der Waals surface area contributed by atoms with E-state index in [1.165, 1.54) is 29.1 Å². The Morgan fingerprint density at radius 3 is 2.70 bits per heavy atom. The first-order valence-electron chi connectivity index (χ1n) is 13.6. The molecule has 0 bridgehead atoms. The molecule has 1 aliphatic heterocycles. The lowest BCUT2D eigenvalue weighted by atomic mass is 9.93. The molecular weight excluding hydrogens is 638 g/mol. The largest absolute Gasteiger partial charge is 0.496 e. The van der Waals surface area contributed by atoms with Gasteiger partial charge >= 0.3 is 5.97 Å². The Morgan fingerprint density at radius 1 is 1.21 bits per heavy atom. The van der Waals surface area contributed by atoms with E-state index >= 15 is 0 Å². The number of ether oxygens (including phenoxy) is 2. The highest BCUT2D eigenvalue weighted by Gasteiger charge is 2.36. The predicted molar refractivity (Wildman–Crippen MR) is 166 cm³/mol. The van der Waals surface area contributed by atoms with Crippen molar-refractivity contribution in [2.45, 2.75) is 39.7 Å². The third kappa shape index (κ3) is 5.84. The van der Waals surface area contributed by atoms with Gasteiger partial charge in [0.15, 0.2) is 4.80 Å². The second kappa shape index (κ2) is 12.5. The minimum atomic E-state index is -0.841. The van der Waals surface area contributed by atoms with E-state index in [9.17, 15) is 19.7 Å². The number of furan rings is 1. The Hall–Kier alpha value is -4.29. The van der Waals surface area contributed by atoms with Crippen LogP contribution in [0.1, 0.15) is 49.6 Å². The Morgan fingerprint density at radius 2 is 2.00 bits per heavy atom. The topological polar surface area (TPSA) is 126 Å². The maximum atomic E-state index is 14.0. The molecule has 0 saturated heterocycles. The molecule has 0 radical (unpaired) electrons. The lowest BCUT2D eigenvalue weighted by Crippen LogP contribution is -2.40. The number of thiazole rings is 1. The average Bonchev–Trinajstić information content (AvgIpc) is 3.57. The standard InChI is InChI=1S/C31H28BrN3O7S/c1-5-7-22-27(30(37)41-6-2)28(21-15-19(32)10-12-25(21)40-4)34-29(36)26(43-31(34)33-22)16-20-11-13-24(42-20)18-9-8-17(3)23(14-18)35(38)39/h8-16,28H,5-7H2,1-4H3/b26-16+/t28-/m1/s1. The zero-order chi connectivity index (χ0) is 30.8. The summed E-state index contributed by atoms with van der Waals surface area (Å²) in [6, 6.07) is 12.9. The number of nitro benzene ring substituents is 1. The van der Waals surface area contributed by atoms with Gasteiger partial charge in [-0.05, 0) is 50.6 Å². The number of hydrogen-bond acceptors (Lipinski definition) is 9. The van der Waals surface area contributed by atoms with Gasteiger partial charge in [-0.3, -0.25) is 19.5 Å². The molecule has 222 valence electrons. The average molecular weight is 667 g/mol. The quantitative estimate of drug-likeness (QED) is 0.125. The zero-order valence-corrected chi connectivity index (χ0v) is 26.3. The number of hydrogen-bond donors (Lipinski definition) is 0. The van der Waals surface area contributed by atoms with Crippen molar-refractivity contribution in [3.05, 3.63) is 111 Å². The van der Waals surface area contributed by atoms with Crippen LogP contribution in [0.25, 0.3) is 17.4 Å². The second-order valence-corrected chi connectivity index (χ2v) is 11.7. The zero-order valence-electron chi connectivity index (χ0n) is 23.9. The highest BCUT2D eigenvalue weighted by atomic mass is 79.9. The predicted octanol–water partition coefficient (Wildman–Crippen LogP) is 5.83. The number of rotatable bonds is 9. The summed E-state index contributed by atoms with van der Waals surface area (Å²) < 4.78 is 19.7. The van der Waals surface area contributed by atoms with Crippen LogP contribution in [0.15, 0.2) is 78.5 Å². The number of carbonyl (C=O) groups excluding carboxylic acids is 1. The molecule has 4 aromatic rings. The monoisotopic (exact) mass is 665 g/mol. The van der Waals surface area contributed by atoms with Crippen LogP contribution in [0.4, 0.5) is 5.69 Å². The summed E-state index contributed by atoms with van der Waals surface area (Å²) in [5.74, 6) is 0.774. The summed E-state index contributed by atoms with van der Waals surface area (Å²) in [7, 11) is 1.54. The number of fused-ring (bicyclic) bond motifs is 1. The fraction of sp³-hybridized carbons (Fsp3) is 0.258. The molecule has 2 aromatic carbocycles. The third-order valence-corrected chi connectivity index (χ3v) is 8.45. The van der Waals surface area contributed by atoms with Crippen molar-refractivity contribution in [3.63, 3.8) is 0 Å². The van der Waals surface area contributed by atoms with Gasteiger partial charge in [-0.2, -0.15) is 0 Å². The number of nitro groups is 1. The number of aromatic nitrogens is 1. The summed E-state index contributed by atoms with van der Waals surface area (Å²) >= 11 is 4.70. The van der Waals surface area contributed by atoms with Crippen LogP contribution >= 0.6 is 27.3 Å². The van der Waals surface area contributed by atoms with Gasteiger partial charge in [-0.1, -0.05) is 52.7 Å². The van der Waals surface area contributed by atoms with Gasteiger partial charge in [0.25, 0.3) is 11.2 Å². The van der Waals surface area contributed by atoms with Crippen molar-refractivity contribution in [1.82, 2.24) is 4.57 Å². The summed E-state index contributed by atoms with van der Waals surface area (Å²) in [6.45, 7) is 5.56. The molecule has 0 amide bonds. The van der Waals surface area contributed by atoms with Gasteiger partial charge in [0.2, 0.25) is 0 Å². The number of aryl methyl sites for hydroxylation is 1. The van der Waals surface area contributed by atoms with Crippen molar-refractivity contribution in [1.29, 1.82) is 0 Å². The number of esters is 1. The molecule has 0 N–H and O–H groups in total. The van der Waals surface area contributed by atoms with E-state index in [0.29, 0.717) is 61.0 Å². The molecule has 2 aromatic heterocycles. The molecule has 1 atom stereocenters. The Labute approximate surface area is 258 Å². The molecule has 0 saturated carbocycles. The van der Waals surface area contributed by atoms with E-state index < -0.39 is 16.9 Å². The molecule has 1 aliphatic rings. The maximum Gasteiger partial charge on any atom is 0.338 e. The van der Waals surface area contributed by atoms with Crippen molar-refractivity contribution in [2.24, 2.45) is 4.99 Å². The number of benzene rings is 2. The lowest BCUT2D eigenvalue weighted by molar-refractivity contribution is -0.385. The van der Waals surface area contributed by atoms with Crippen LogP contribution in [0.2, 0.25) is 0 Å². The van der Waals surface area contributed by atoms with Crippen LogP contribution in [0, 0.1) is 17.0 Å². The van der Waals surface area contributed by atoms with Crippen LogP contribution in [-0.4, -0.2) is 29.2 Å². The normalized spacial score (nSPS) is 14.8. The summed E-state index contributed by atoms with van der Waals surface area (Å²) in [4.78, 5) is 43.7. The second-order valence-electron chi connectivity index (χ2n) is 9.76. The van der Waals surface area contributed by atoms with Gasteiger partial charge in [0.1, 0.15) is 23.3 Å². The molecule has 43 heavy (non-hydrogen) atoms. The molecule has 10 nitrogen and oxygen atoms in total. The fourth-order valence-electron chi connectivity index (χ4n) is 5.01. The molecular formula is C31H28BrN3O7S. The molecule has 0 unspecified atom stereocenters. The van der Waals surface area contributed by atoms with E-state index in [1.807, 2.05) is 19.1 Å². The Bertz CT molecular complexity index is 1950. The molecule has 0 aliphatic carbocycles. The van der Waals surface area contributed by atoms with E-state index in [0.717, 1.165) is 10.9 Å². The number of nitrogens with zero attached hydrogens (tertiary/aromatic N) is 3. The summed E-state index contributed by atoms with van der Waals surface area (Å²) in [6.07, 6.45) is 2.85. The lowest BCUT2D eigenvalue weighted by Gasteiger charge is -2.27. The van der Waals surface area contributed by atoms with E-state index in [2.05, 4.69) is 15.9 Å². The molecule has 3 heterocycles. The molecule has 5 rings (SSSR count). The number of carbonyl (C=O) groups is 1. The minimum absolute atomic E-state index is 0.00739. The van der Waals surface area contributed by atoms with Gasteiger partial charge in [0, 0.05) is 33.3 Å². The molecule has 0 fully saturated rings. The summed E-state index contributed by atoms with van der Waals surface area (Å²) in [5, 5.41) is 11.4. The SMILES string of the molecule is CCCC1=C(C(=O)OCC)[C@@H](c2cc(Br)ccc2OC)n2c(s/c(=C/c3ccc(-c4ccc(C)c([N+](=O)[O-])c4)o3)c2=O)=N1. The molecule has 12 heteroatoms. The number of allylic oxidation sites excluding steroid dienone is 1. The van der Waals surface area contributed by atoms with Gasteiger partial charge in [-0.25, -0.2) is 9.79 Å². The fourth-order valence-corrected chi connectivity index (χ4v) is 6.39. The van der Waals surface area contributed by atoms with Crippen LogP contribution in [-0.2, 0) is 9.53 Å². The first-order valence-corrected chi connectivity index (χ1v) is 15.2. The highest BCUT2D eigenvalue weighted by Crippen LogP contribution is 2.38. The summed E-state index contributed by atoms with van der Waals surface area (Å²) in [5.41, 5.74) is 2.18. The third-order valence-electron chi connectivity index (χ3n) is 6.97. The Balaban J connectivity index is 1.69. The first kappa shape index (κ1) is 30.2. The smallest absolute Gasteiger partial charge is 0.338 e. The van der Waals surface area contributed by atoms with Crippen LogP contribution in [0.5, 0.6) is 5.75 Å². The van der Waals surface area contributed by atoms with Crippen LogP contribution < -0.4 is 19.6 Å². The van der Waals surface area contributed by atoms with Crippen molar-refractivity contribution in [2.75, 3.05) is 13.7 Å². The van der Waals surface area contributed by atoms with E-state index in [1.54, 1.807) is 50.3 Å². The van der Waals surface area contributed by atoms with Crippen molar-refractivity contribution in [3.8, 4) is 17.1 Å². The van der Waals surface area contributed by atoms with E-state index in [4.69, 9.17) is 18.9 Å². The van der Waals surface area contributed by atoms with Crippen molar-refractivity contribution < 1.29 is 23.6 Å². The first-order chi connectivity index (χ1) is 20.7. The highest BCUT2D eigenvalue weighted by molar-refractivity contribution is 9.10. The minimum Gasteiger partial charge on any atom is -0.496 e. The maximum absolute atomic E-state index is 14.0. The van der Waals surface area contributed by atoms with Crippen LogP contribution in [0.3, 0.4) is 0 Å². The van der Waals surface area contributed by atoms with Crippen molar-refractivity contribution >= 4 is 45.0 Å². The number of halogens is 1. The van der Waals surface area contributed by atoms with Gasteiger partial charge in [0.05, 0.1) is 34.4 Å². The molecule has 0 spiro atoms.